The van der Waals surface area contributed by atoms with Crippen LogP contribution in [-0.2, 0) is 6.42 Å². The molecular weight excluding hydrogens is 188 g/mol. The maximum absolute atomic E-state index is 6.10. The third-order valence-corrected chi connectivity index (χ3v) is 3.16. The van der Waals surface area contributed by atoms with E-state index in [1.165, 1.54) is 0 Å². The Labute approximate surface area is 90.7 Å². The third-order valence-electron chi connectivity index (χ3n) is 3.16. The average molecular weight is 206 g/mol. The highest BCUT2D eigenvalue weighted by atomic mass is 16.5. The van der Waals surface area contributed by atoms with Crippen LogP contribution in [-0.4, -0.2) is 17.6 Å². The Morgan fingerprint density at radius 2 is 2.13 bits per heavy atom. The fourth-order valence-corrected chi connectivity index (χ4v) is 1.92. The van der Waals surface area contributed by atoms with Crippen molar-refractivity contribution in [3.05, 3.63) is 23.0 Å². The van der Waals surface area contributed by atoms with E-state index in [0.717, 1.165) is 41.8 Å². The minimum absolute atomic E-state index is 0.0119. The maximum Gasteiger partial charge on any atom is 0.128 e. The van der Waals surface area contributed by atoms with Crippen molar-refractivity contribution in [2.75, 3.05) is 7.11 Å². The minimum atomic E-state index is 0.0119. The topological polar surface area (TPSA) is 48.1 Å². The van der Waals surface area contributed by atoms with E-state index in [2.05, 4.69) is 11.9 Å². The molecule has 0 unspecified atom stereocenters. The molecule has 1 saturated carbocycles. The molecule has 0 saturated heterocycles. The molecule has 1 heterocycles. The fourth-order valence-electron chi connectivity index (χ4n) is 1.92. The number of aromatic nitrogens is 1. The van der Waals surface area contributed by atoms with Crippen molar-refractivity contribution >= 4 is 0 Å². The quantitative estimate of drug-likeness (QED) is 0.819. The van der Waals surface area contributed by atoms with E-state index >= 15 is 0 Å². The Balaban J connectivity index is 2.31. The van der Waals surface area contributed by atoms with Crippen LogP contribution >= 0.6 is 0 Å². The van der Waals surface area contributed by atoms with E-state index in [9.17, 15) is 0 Å². The van der Waals surface area contributed by atoms with E-state index in [4.69, 9.17) is 10.5 Å². The standard InChI is InChI=1S/C12H18N2O/c1-8-7-14-10(6-12(13)4-5-12)9(2)11(8)15-3/h7H,4-6,13H2,1-3H3. The summed E-state index contributed by atoms with van der Waals surface area (Å²) in [4.78, 5) is 4.45. The van der Waals surface area contributed by atoms with Crippen LogP contribution in [0.25, 0.3) is 0 Å². The second-order valence-electron chi connectivity index (χ2n) is 4.59. The van der Waals surface area contributed by atoms with Crippen LogP contribution in [0.3, 0.4) is 0 Å². The average Bonchev–Trinajstić information content (AvgIpc) is 2.90. The molecule has 1 aliphatic rings. The largest absolute Gasteiger partial charge is 0.496 e. The summed E-state index contributed by atoms with van der Waals surface area (Å²) < 4.78 is 5.37. The van der Waals surface area contributed by atoms with E-state index in [-0.39, 0.29) is 5.54 Å². The number of methoxy groups -OCH3 is 1. The predicted molar refractivity (Wildman–Crippen MR) is 60.1 cm³/mol. The summed E-state index contributed by atoms with van der Waals surface area (Å²) in [6.07, 6.45) is 4.97. The SMILES string of the molecule is COc1c(C)cnc(CC2(N)CC2)c1C. The van der Waals surface area contributed by atoms with Crippen LogP contribution < -0.4 is 10.5 Å². The second kappa shape index (κ2) is 3.49. The molecule has 82 valence electrons. The lowest BCUT2D eigenvalue weighted by atomic mass is 10.0. The van der Waals surface area contributed by atoms with Crippen LogP contribution in [0.5, 0.6) is 5.75 Å². The molecule has 0 radical (unpaired) electrons. The minimum Gasteiger partial charge on any atom is -0.496 e. The fraction of sp³-hybridized carbons (Fsp3) is 0.583. The zero-order valence-electron chi connectivity index (χ0n) is 9.63. The summed E-state index contributed by atoms with van der Waals surface area (Å²) in [7, 11) is 1.70. The smallest absolute Gasteiger partial charge is 0.128 e. The van der Waals surface area contributed by atoms with Gasteiger partial charge in [-0.2, -0.15) is 0 Å². The number of pyridine rings is 1. The third kappa shape index (κ3) is 1.97. The lowest BCUT2D eigenvalue weighted by Crippen LogP contribution is -2.25. The predicted octanol–water partition coefficient (Wildman–Crippen LogP) is 1.74. The maximum atomic E-state index is 6.10. The molecule has 1 aliphatic carbocycles. The molecule has 3 nitrogen and oxygen atoms in total. The van der Waals surface area contributed by atoms with Crippen LogP contribution in [0, 0.1) is 13.8 Å². The van der Waals surface area contributed by atoms with E-state index in [1.807, 2.05) is 13.1 Å². The van der Waals surface area contributed by atoms with Gasteiger partial charge in [-0.25, -0.2) is 0 Å². The Bertz CT molecular complexity index is 383. The first-order valence-electron chi connectivity index (χ1n) is 5.34. The molecule has 0 aliphatic heterocycles. The molecule has 0 aromatic carbocycles. The van der Waals surface area contributed by atoms with Gasteiger partial charge < -0.3 is 10.5 Å². The Morgan fingerprint density at radius 3 is 2.67 bits per heavy atom. The summed E-state index contributed by atoms with van der Waals surface area (Å²) in [6.45, 7) is 4.07. The van der Waals surface area contributed by atoms with Crippen LogP contribution in [0.2, 0.25) is 0 Å². The van der Waals surface area contributed by atoms with E-state index in [0.29, 0.717) is 0 Å². The number of nitrogens with two attached hydrogens (primary N) is 1. The van der Waals surface area contributed by atoms with Gasteiger partial charge in [0, 0.05) is 35.0 Å². The molecule has 3 heteroatoms. The normalized spacial score (nSPS) is 17.6. The molecule has 1 fully saturated rings. The van der Waals surface area contributed by atoms with Gasteiger partial charge in [0.15, 0.2) is 0 Å². The van der Waals surface area contributed by atoms with Gasteiger partial charge in [0.25, 0.3) is 0 Å². The first kappa shape index (κ1) is 10.4. The van der Waals surface area contributed by atoms with Crippen LogP contribution in [0.15, 0.2) is 6.20 Å². The molecule has 2 rings (SSSR count). The Morgan fingerprint density at radius 1 is 1.47 bits per heavy atom. The molecule has 0 amide bonds. The first-order chi connectivity index (χ1) is 7.06. The summed E-state index contributed by atoms with van der Waals surface area (Å²) in [6, 6.07) is 0. The number of rotatable bonds is 3. The molecule has 0 bridgehead atoms. The van der Waals surface area contributed by atoms with E-state index in [1.54, 1.807) is 7.11 Å². The Kier molecular flexibility index (Phi) is 2.43. The van der Waals surface area contributed by atoms with Crippen molar-refractivity contribution in [1.82, 2.24) is 4.98 Å². The van der Waals surface area contributed by atoms with Gasteiger partial charge in [-0.15, -0.1) is 0 Å². The Hall–Kier alpha value is -1.09. The van der Waals surface area contributed by atoms with Gasteiger partial charge in [0.05, 0.1) is 7.11 Å². The number of hydrogen-bond acceptors (Lipinski definition) is 3. The molecule has 1 aromatic rings. The highest BCUT2D eigenvalue weighted by Crippen LogP contribution is 2.37. The van der Waals surface area contributed by atoms with Gasteiger partial charge in [0.1, 0.15) is 5.75 Å². The number of ether oxygens (including phenoxy) is 1. The summed E-state index contributed by atoms with van der Waals surface area (Å²) in [5, 5.41) is 0. The van der Waals surface area contributed by atoms with E-state index < -0.39 is 0 Å². The lowest BCUT2D eigenvalue weighted by molar-refractivity contribution is 0.406. The highest BCUT2D eigenvalue weighted by molar-refractivity contribution is 5.41. The van der Waals surface area contributed by atoms with Crippen LogP contribution in [0.1, 0.15) is 29.7 Å². The second-order valence-corrected chi connectivity index (χ2v) is 4.59. The molecule has 0 spiro atoms. The molecule has 1 aromatic heterocycles. The molecule has 2 N–H and O–H groups in total. The molecular formula is C12H18N2O. The van der Waals surface area contributed by atoms with Gasteiger partial charge in [-0.3, -0.25) is 4.98 Å². The zero-order chi connectivity index (χ0) is 11.1. The summed E-state index contributed by atoms with van der Waals surface area (Å²) >= 11 is 0. The first-order valence-corrected chi connectivity index (χ1v) is 5.34. The highest BCUT2D eigenvalue weighted by Gasteiger charge is 2.39. The van der Waals surface area contributed by atoms with Crippen molar-refractivity contribution in [3.8, 4) is 5.75 Å². The van der Waals surface area contributed by atoms with Crippen molar-refractivity contribution in [1.29, 1.82) is 0 Å². The lowest BCUT2D eigenvalue weighted by Gasteiger charge is -2.14. The van der Waals surface area contributed by atoms with Crippen LogP contribution in [0.4, 0.5) is 0 Å². The van der Waals surface area contributed by atoms with Gasteiger partial charge in [-0.05, 0) is 26.7 Å². The summed E-state index contributed by atoms with van der Waals surface area (Å²) in [5.74, 6) is 0.948. The number of hydrogen-bond donors (Lipinski definition) is 1. The van der Waals surface area contributed by atoms with Crippen molar-refractivity contribution < 1.29 is 4.74 Å². The van der Waals surface area contributed by atoms with Crippen molar-refractivity contribution in [2.24, 2.45) is 5.73 Å². The molecule has 0 atom stereocenters. The van der Waals surface area contributed by atoms with Gasteiger partial charge in [-0.1, -0.05) is 0 Å². The van der Waals surface area contributed by atoms with Gasteiger partial charge in [0.2, 0.25) is 0 Å². The molecule has 15 heavy (non-hydrogen) atoms. The van der Waals surface area contributed by atoms with Crippen molar-refractivity contribution in [3.63, 3.8) is 0 Å². The van der Waals surface area contributed by atoms with Gasteiger partial charge >= 0.3 is 0 Å². The monoisotopic (exact) mass is 206 g/mol. The number of aryl methyl sites for hydroxylation is 1. The van der Waals surface area contributed by atoms with Crippen molar-refractivity contribution in [2.45, 2.75) is 38.6 Å². The number of nitrogens with zero attached hydrogens (tertiary/aromatic N) is 1. The summed E-state index contributed by atoms with van der Waals surface area (Å²) in [5.41, 5.74) is 9.41. The zero-order valence-corrected chi connectivity index (χ0v) is 9.63.